The van der Waals surface area contributed by atoms with Gasteiger partial charge in [-0.1, -0.05) is 12.1 Å². The third kappa shape index (κ3) is 3.15. The Hall–Kier alpha value is -2.60. The van der Waals surface area contributed by atoms with Crippen molar-refractivity contribution in [2.75, 3.05) is 39.8 Å². The van der Waals surface area contributed by atoms with Crippen molar-refractivity contribution in [3.63, 3.8) is 0 Å². The number of hydrogen-bond acceptors (Lipinski definition) is 4. The van der Waals surface area contributed by atoms with E-state index in [0.717, 1.165) is 56.6 Å². The van der Waals surface area contributed by atoms with Crippen molar-refractivity contribution in [2.24, 2.45) is 0 Å². The van der Waals surface area contributed by atoms with Gasteiger partial charge in [-0.25, -0.2) is 0 Å². The Balaban J connectivity index is 1.32. The molecule has 1 aliphatic carbocycles. The van der Waals surface area contributed by atoms with Crippen molar-refractivity contribution < 1.29 is 4.39 Å². The van der Waals surface area contributed by atoms with Gasteiger partial charge in [0.2, 0.25) is 5.95 Å². The molecule has 2 aromatic rings. The lowest BCUT2D eigenvalue weighted by Crippen LogP contribution is -2.46. The molecule has 1 aromatic carbocycles. The molecule has 0 amide bonds. The van der Waals surface area contributed by atoms with Crippen LogP contribution in [0.2, 0.25) is 0 Å². The number of benzene rings is 1. The zero-order chi connectivity index (χ0) is 20.1. The largest absolute Gasteiger partial charge is 0.365 e. The maximum atomic E-state index is 14.4. The Morgan fingerprint density at radius 3 is 2.72 bits per heavy atom. The van der Waals surface area contributed by atoms with Crippen LogP contribution >= 0.6 is 0 Å². The Morgan fingerprint density at radius 2 is 1.93 bits per heavy atom. The summed E-state index contributed by atoms with van der Waals surface area (Å²) in [6.45, 7) is 6.85. The van der Waals surface area contributed by atoms with E-state index in [1.165, 1.54) is 22.1 Å². The van der Waals surface area contributed by atoms with E-state index in [0.29, 0.717) is 12.2 Å². The third-order valence-corrected chi connectivity index (χ3v) is 6.59. The van der Waals surface area contributed by atoms with Crippen LogP contribution in [0.1, 0.15) is 22.3 Å². The maximum Gasteiger partial charge on any atom is 0.251 e. The summed E-state index contributed by atoms with van der Waals surface area (Å²) in [6.07, 6.45) is 5.90. The van der Waals surface area contributed by atoms with Crippen LogP contribution < -0.4 is 5.56 Å². The molecule has 0 spiro atoms. The third-order valence-electron chi connectivity index (χ3n) is 6.59. The van der Waals surface area contributed by atoms with E-state index in [4.69, 9.17) is 0 Å². The lowest BCUT2D eigenvalue weighted by Gasteiger charge is -2.38. The number of halogens is 1. The lowest BCUT2D eigenvalue weighted by molar-refractivity contribution is 0.147. The van der Waals surface area contributed by atoms with Gasteiger partial charge in [0.1, 0.15) is 0 Å². The van der Waals surface area contributed by atoms with Crippen molar-refractivity contribution in [2.45, 2.75) is 26.3 Å². The normalized spacial score (nSPS) is 19.7. The van der Waals surface area contributed by atoms with Crippen LogP contribution in [-0.4, -0.2) is 59.5 Å². The van der Waals surface area contributed by atoms with E-state index < -0.39 is 0 Å². The number of aryl methyl sites for hydroxylation is 2. The molecule has 1 aromatic heterocycles. The van der Waals surface area contributed by atoms with Crippen LogP contribution in [0.5, 0.6) is 0 Å². The minimum Gasteiger partial charge on any atom is -0.365 e. The van der Waals surface area contributed by atoms with E-state index in [1.54, 1.807) is 11.9 Å². The topological polar surface area (TPSA) is 42.6 Å². The van der Waals surface area contributed by atoms with E-state index in [-0.39, 0.29) is 11.5 Å². The summed E-state index contributed by atoms with van der Waals surface area (Å²) in [7, 11) is 1.79. The molecule has 2 aliphatic heterocycles. The molecular formula is C23H27FN4O. The fraction of sp³-hybridized carbons (Fsp3) is 0.435. The summed E-state index contributed by atoms with van der Waals surface area (Å²) in [5.41, 5.74) is 6.40. The molecule has 3 heterocycles. The number of allylic oxidation sites excluding steroid dienone is 1. The van der Waals surface area contributed by atoms with Gasteiger partial charge < -0.3 is 14.8 Å². The van der Waals surface area contributed by atoms with Crippen molar-refractivity contribution in [3.8, 4) is 0 Å². The summed E-state index contributed by atoms with van der Waals surface area (Å²) >= 11 is 0. The number of piperazine rings is 1. The van der Waals surface area contributed by atoms with E-state index >= 15 is 0 Å². The van der Waals surface area contributed by atoms with Gasteiger partial charge in [-0.05, 0) is 48.6 Å². The maximum absolute atomic E-state index is 14.4. The minimum atomic E-state index is -0.131. The molecule has 6 heteroatoms. The lowest BCUT2D eigenvalue weighted by atomic mass is 10.0. The first-order valence-electron chi connectivity index (χ1n) is 10.4. The average molecular weight is 394 g/mol. The van der Waals surface area contributed by atoms with Crippen LogP contribution in [0.15, 0.2) is 40.7 Å². The highest BCUT2D eigenvalue weighted by molar-refractivity contribution is 5.89. The molecular weight excluding hydrogens is 367 g/mol. The predicted molar refractivity (Wildman–Crippen MR) is 113 cm³/mol. The molecule has 1 N–H and O–H groups in total. The number of nitrogens with zero attached hydrogens (tertiary/aromatic N) is 3. The van der Waals surface area contributed by atoms with Crippen LogP contribution in [0.4, 0.5) is 4.39 Å². The highest BCUT2D eigenvalue weighted by atomic mass is 19.1. The number of pyridine rings is 1. The fourth-order valence-corrected chi connectivity index (χ4v) is 4.93. The highest BCUT2D eigenvalue weighted by Gasteiger charge is 2.24. The smallest absolute Gasteiger partial charge is 0.251 e. The van der Waals surface area contributed by atoms with Crippen molar-refractivity contribution in [1.82, 2.24) is 19.7 Å². The molecule has 29 heavy (non-hydrogen) atoms. The molecule has 0 bridgehead atoms. The van der Waals surface area contributed by atoms with Gasteiger partial charge in [0, 0.05) is 62.8 Å². The summed E-state index contributed by atoms with van der Waals surface area (Å²) in [5.74, 6) is -0.131. The first-order valence-corrected chi connectivity index (χ1v) is 10.4. The molecule has 5 rings (SSSR count). The standard InChI is InChI=1S/C23H27FN4O/c1-15-18-6-5-17-12-16(13-19(21(17)18)25-23(15)29)14-27-8-10-28(11-9-27)20-4-3-7-26(2)22(20)24/h3-4,12-13H,5-11,14H2,1-2H3,(H,25,29). The number of H-pyrrole nitrogens is 1. The summed E-state index contributed by atoms with van der Waals surface area (Å²) < 4.78 is 14.4. The van der Waals surface area contributed by atoms with Gasteiger partial charge >= 0.3 is 0 Å². The van der Waals surface area contributed by atoms with Crippen molar-refractivity contribution in [3.05, 3.63) is 68.5 Å². The zero-order valence-corrected chi connectivity index (χ0v) is 17.1. The summed E-state index contributed by atoms with van der Waals surface area (Å²) in [4.78, 5) is 21.5. The zero-order valence-electron chi connectivity index (χ0n) is 17.1. The number of aromatic nitrogens is 1. The molecule has 1 fully saturated rings. The van der Waals surface area contributed by atoms with Gasteiger partial charge in [-0.2, -0.15) is 4.39 Å². The molecule has 1 saturated heterocycles. The monoisotopic (exact) mass is 394 g/mol. The van der Waals surface area contributed by atoms with E-state index in [9.17, 15) is 9.18 Å². The number of hydrogen-bond donors (Lipinski definition) is 1. The first-order chi connectivity index (χ1) is 14.0. The SMILES string of the molecule is Cc1c2c3c(cc(CN4CCN(C5=C(F)N(C)CC=C5)CC4)cc3[nH]c1=O)CC2. The molecule has 152 valence electrons. The van der Waals surface area contributed by atoms with Crippen molar-refractivity contribution >= 4 is 10.9 Å². The van der Waals surface area contributed by atoms with E-state index in [2.05, 4.69) is 26.9 Å². The van der Waals surface area contributed by atoms with Gasteiger partial charge in [0.15, 0.2) is 0 Å². The van der Waals surface area contributed by atoms with Crippen LogP contribution in [0.25, 0.3) is 10.9 Å². The Bertz CT molecular complexity index is 1090. The van der Waals surface area contributed by atoms with E-state index in [1.807, 2.05) is 19.1 Å². The van der Waals surface area contributed by atoms with Gasteiger partial charge in [-0.3, -0.25) is 9.69 Å². The Kier molecular flexibility index (Phi) is 4.46. The van der Waals surface area contributed by atoms with Crippen LogP contribution in [-0.2, 0) is 19.4 Å². The first kappa shape index (κ1) is 18.4. The molecule has 3 aliphatic rings. The van der Waals surface area contributed by atoms with Crippen molar-refractivity contribution in [1.29, 1.82) is 0 Å². The Morgan fingerprint density at radius 1 is 1.14 bits per heavy atom. The molecule has 0 saturated carbocycles. The predicted octanol–water partition coefficient (Wildman–Crippen LogP) is 2.69. The molecule has 5 nitrogen and oxygen atoms in total. The van der Waals surface area contributed by atoms with Gasteiger partial charge in [0.25, 0.3) is 5.56 Å². The van der Waals surface area contributed by atoms with Gasteiger partial charge in [-0.15, -0.1) is 0 Å². The number of likely N-dealkylation sites (N-methyl/N-ethyl adjacent to an activating group) is 1. The minimum absolute atomic E-state index is 0.0342. The van der Waals surface area contributed by atoms with Crippen LogP contribution in [0.3, 0.4) is 0 Å². The molecule has 0 radical (unpaired) electrons. The second-order valence-corrected chi connectivity index (χ2v) is 8.46. The number of aromatic amines is 1. The number of nitrogens with one attached hydrogen (secondary N) is 1. The molecule has 0 atom stereocenters. The summed E-state index contributed by atoms with van der Waals surface area (Å²) in [5, 5.41) is 1.26. The number of rotatable bonds is 3. The van der Waals surface area contributed by atoms with Crippen LogP contribution in [0, 0.1) is 6.92 Å². The van der Waals surface area contributed by atoms with Gasteiger partial charge in [0.05, 0.1) is 5.70 Å². The average Bonchev–Trinajstić information content (AvgIpc) is 3.14. The summed E-state index contributed by atoms with van der Waals surface area (Å²) in [6, 6.07) is 4.45. The quantitative estimate of drug-likeness (QED) is 0.813. The highest BCUT2D eigenvalue weighted by Crippen LogP contribution is 2.32. The fourth-order valence-electron chi connectivity index (χ4n) is 4.93. The Labute approximate surface area is 170 Å². The second-order valence-electron chi connectivity index (χ2n) is 8.46. The molecule has 0 unspecified atom stereocenters. The second kappa shape index (κ2) is 7.02.